The van der Waals surface area contributed by atoms with Crippen molar-refractivity contribution in [1.82, 2.24) is 66.7 Å². The third-order valence-corrected chi connectivity index (χ3v) is 29.5. The fourth-order valence-electron chi connectivity index (χ4n) is 21.2. The van der Waals surface area contributed by atoms with Crippen LogP contribution >= 0.6 is 62.3 Å². The molecule has 1 aliphatic carbocycles. The number of carbonyl (C=O) groups is 2. The number of phenolic OH excluding ortho intramolecular Hbond substituents is 1. The number of rotatable bonds is 11. The van der Waals surface area contributed by atoms with Crippen molar-refractivity contribution in [3.8, 4) is 17.2 Å². The number of carboxylic acids is 1. The number of nitrogens with zero attached hydrogens (tertiary/aromatic N) is 2. The van der Waals surface area contributed by atoms with Gasteiger partial charge in [0, 0.05) is 189 Å². The predicted molar refractivity (Wildman–Crippen MR) is 557 cm³/mol. The first-order valence-corrected chi connectivity index (χ1v) is 49.8. The number of carboxylic acid groups (broad SMARTS) is 1. The Balaban J connectivity index is 0.000000107. The number of H-pyrrole nitrogens is 6. The fraction of sp³-hybridized carbons (Fsp3) is 0.279. The van der Waals surface area contributed by atoms with E-state index in [4.69, 9.17) is 55.9 Å². The topological polar surface area (TPSA) is 266 Å². The second-order valence-electron chi connectivity index (χ2n) is 36.7. The number of fused-ring (bicyclic) bond motifs is 18. The SMILES string of the molecule is CCC1NCCc2c1[nH]c1ccc(Cl)cc21.CN(C)c1ccc(C2NCCc3c2[nH]c2ccc(Cl)cc32)cc1.COc1ccc(C2NC(C(=O)O)Cc3c2[nH]c2ccc(Br)cc32)cc1.COc1ccc(C2c3[nH]c4ccccc4c3CCN2C(=O)NC2CCCCC2)cc1.FC(F)(F)c1cccc(C2NCCc3c2[nH]c2ccc(Cl)cc32)c1.Oc1ccc(C2NCCc3c2[nH]c2ccc(Cl)cc32)cc1. The average molecular weight is 2010 g/mol. The smallest absolute Gasteiger partial charge is 0.416 e. The first kappa shape index (κ1) is 95.7. The van der Waals surface area contributed by atoms with E-state index in [-0.39, 0.29) is 36.2 Å². The number of urea groups is 1. The standard InChI is InChI=1S/C25H29N3O2.C19H17BrN2O3.C19H20ClN3.C18H14ClF3N2.C17H15ClN2O.C13H15ClN2/c1-30-19-13-11-17(12-14-19)24-23-21(20-9-5-6-10-22(20)27-23)15-16-28(24)25(29)26-18-7-3-2-4-8-18;1-25-12-5-2-10(3-6-12)17-18-14(9-16(22-17)19(23)24)13-8-11(20)4-7-15(13)21-18;1-23(2)14-6-3-12(4-7-14)18-19-15(9-10-21-18)16-11-13(20)5-8-17(16)22-19;19-12-4-5-15-14(9-12)13-6-7-23-16(17(13)24-15)10-2-1-3-11(8-10)18(20,21)22;18-11-3-6-15-14(9-11)13-7-8-19-16(17(13)20-15)10-1-4-12(21)5-2-10;1-2-11-13-9(5-6-15-11)10-7-8(14)3-4-12(10)16-13/h5-6,9-14,18,24,27H,2-4,7-8,15-16H2,1H3,(H,26,29);2-8,16-17,21-22H,9H2,1H3,(H,23,24);3-8,11,18,21-22H,9-10H2,1-2H3;1-5,8-9,16,23-24H,6-7H2;1-6,9,16,19-21H,7-8H2;3-4,7,11,15-16H,2,5-6H2,1H3. The Morgan fingerprint density at radius 2 is 0.878 bits per heavy atom. The zero-order valence-electron chi connectivity index (χ0n) is 77.6. The molecule has 0 saturated heterocycles. The Bertz CT molecular complexity index is 7310. The van der Waals surface area contributed by atoms with Crippen LogP contribution in [0.2, 0.25) is 20.1 Å². The third kappa shape index (κ3) is 20.5. The van der Waals surface area contributed by atoms with Crippen LogP contribution in [0.25, 0.3) is 65.4 Å². The molecule has 1 saturated carbocycles. The monoisotopic (exact) mass is 2010 g/mol. The minimum atomic E-state index is -4.35. The van der Waals surface area contributed by atoms with Gasteiger partial charge in [-0.2, -0.15) is 13.2 Å². The quantitative estimate of drug-likeness (QED) is 0.0576. The van der Waals surface area contributed by atoms with Crippen LogP contribution in [-0.4, -0.2) is 130 Å². The van der Waals surface area contributed by atoms with E-state index < -0.39 is 23.8 Å². The molecule has 12 heterocycles. The Morgan fingerprint density at radius 3 is 1.37 bits per heavy atom. The summed E-state index contributed by atoms with van der Waals surface area (Å²) in [5, 5.41) is 49.8. The van der Waals surface area contributed by atoms with Crippen LogP contribution in [0.4, 0.5) is 23.7 Å². The van der Waals surface area contributed by atoms with Crippen molar-refractivity contribution in [1.29, 1.82) is 0 Å². The number of para-hydroxylation sites is 1. The predicted octanol–water partition coefficient (Wildman–Crippen LogP) is 25.2. The maximum atomic E-state index is 13.4. The summed E-state index contributed by atoms with van der Waals surface area (Å²) in [6.07, 6.45) is 7.88. The number of alkyl halides is 3. The van der Waals surface area contributed by atoms with E-state index in [2.05, 4.69) is 189 Å². The first-order valence-electron chi connectivity index (χ1n) is 47.5. The van der Waals surface area contributed by atoms with Gasteiger partial charge in [-0.05, 0) is 277 Å². The number of anilines is 1. The molecule has 0 bridgehead atoms. The number of hydrogen-bond donors (Lipinski definition) is 14. The molecule has 1 fully saturated rings. The number of nitrogens with one attached hydrogen (secondary N) is 12. The molecule has 0 spiro atoms. The molecule has 2 amide bonds. The van der Waals surface area contributed by atoms with Crippen molar-refractivity contribution < 1.29 is 42.4 Å². The van der Waals surface area contributed by atoms with E-state index in [9.17, 15) is 33.0 Å². The first-order chi connectivity index (χ1) is 67.4. The van der Waals surface area contributed by atoms with Gasteiger partial charge in [0.2, 0.25) is 0 Å². The number of methoxy groups -OCH3 is 2. The molecule has 17 aromatic rings. The van der Waals surface area contributed by atoms with Crippen molar-refractivity contribution in [2.45, 2.75) is 138 Å². The van der Waals surface area contributed by atoms with Crippen LogP contribution in [0, 0.1) is 0 Å². The van der Waals surface area contributed by atoms with Gasteiger partial charge >= 0.3 is 18.2 Å². The van der Waals surface area contributed by atoms with Gasteiger partial charge in [0.1, 0.15) is 23.3 Å². The number of aromatic hydroxyl groups is 1. The molecule has 6 aromatic heterocycles. The second kappa shape index (κ2) is 41.7. The van der Waals surface area contributed by atoms with Crippen LogP contribution in [0.3, 0.4) is 0 Å². The Labute approximate surface area is 832 Å². The molecule has 7 aliphatic rings. The molecule has 7 atom stereocenters. The van der Waals surface area contributed by atoms with Crippen LogP contribution in [0.15, 0.2) is 241 Å². The summed E-state index contributed by atoms with van der Waals surface area (Å²) in [5.41, 5.74) is 26.9. The number of aliphatic carboxylic acids is 1. The highest BCUT2D eigenvalue weighted by Crippen LogP contribution is 2.45. The molecule has 139 heavy (non-hydrogen) atoms. The van der Waals surface area contributed by atoms with Gasteiger partial charge in [-0.15, -0.1) is 0 Å². The van der Waals surface area contributed by atoms with Crippen LogP contribution in [0.1, 0.15) is 183 Å². The van der Waals surface area contributed by atoms with Crippen molar-refractivity contribution in [2.24, 2.45) is 0 Å². The summed E-state index contributed by atoms with van der Waals surface area (Å²) in [6, 6.07) is 75.6. The molecular weight excluding hydrogens is 1900 g/mol. The number of aromatic amines is 6. The van der Waals surface area contributed by atoms with Gasteiger partial charge in [-0.3, -0.25) is 10.1 Å². The highest BCUT2D eigenvalue weighted by Gasteiger charge is 2.39. The van der Waals surface area contributed by atoms with Gasteiger partial charge in [0.15, 0.2) is 0 Å². The van der Waals surface area contributed by atoms with Crippen LogP contribution in [0.5, 0.6) is 17.2 Å². The maximum Gasteiger partial charge on any atom is 0.416 e. The number of benzene rings is 11. The summed E-state index contributed by atoms with van der Waals surface area (Å²) < 4.78 is 50.5. The zero-order chi connectivity index (χ0) is 96.4. The van der Waals surface area contributed by atoms with E-state index in [1.54, 1.807) is 38.5 Å². The number of aromatic nitrogens is 6. The molecule has 0 radical (unpaired) electrons. The van der Waals surface area contributed by atoms with Crippen LogP contribution in [-0.2, 0) is 49.5 Å². The van der Waals surface area contributed by atoms with Crippen molar-refractivity contribution in [2.75, 3.05) is 65.9 Å². The van der Waals surface area contributed by atoms with Crippen molar-refractivity contribution in [3.05, 3.63) is 362 Å². The second-order valence-corrected chi connectivity index (χ2v) is 39.4. The lowest BCUT2D eigenvalue weighted by molar-refractivity contribution is -0.140. The average Bonchev–Trinajstić information content (AvgIpc) is 1.62. The Hall–Kier alpha value is -12.2. The minimum Gasteiger partial charge on any atom is -0.508 e. The van der Waals surface area contributed by atoms with Crippen molar-refractivity contribution in [3.63, 3.8) is 0 Å². The molecule has 7 unspecified atom stereocenters. The fourth-order valence-corrected chi connectivity index (χ4v) is 22.2. The lowest BCUT2D eigenvalue weighted by Gasteiger charge is -2.37. The van der Waals surface area contributed by atoms with E-state index in [0.29, 0.717) is 47.9 Å². The Morgan fingerprint density at radius 1 is 0.453 bits per heavy atom. The molecular formula is C111H110BrCl4F3N14O6. The van der Waals surface area contributed by atoms with E-state index in [1.807, 2.05) is 114 Å². The summed E-state index contributed by atoms with van der Waals surface area (Å²) >= 11 is 28.0. The third-order valence-electron chi connectivity index (χ3n) is 28.1. The molecule has 14 N–H and O–H groups in total. The van der Waals surface area contributed by atoms with Gasteiger partial charge in [0.25, 0.3) is 0 Å². The molecule has 28 heteroatoms. The van der Waals surface area contributed by atoms with E-state index in [1.165, 1.54) is 109 Å². The zero-order valence-corrected chi connectivity index (χ0v) is 82.2. The Kier molecular flexibility index (Phi) is 28.7. The number of halogens is 8. The molecule has 20 nitrogen and oxygen atoms in total. The highest BCUT2D eigenvalue weighted by atomic mass is 79.9. The lowest BCUT2D eigenvalue weighted by atomic mass is 9.90. The van der Waals surface area contributed by atoms with Crippen molar-refractivity contribution >= 4 is 145 Å². The van der Waals surface area contributed by atoms with Gasteiger partial charge in [-0.1, -0.05) is 167 Å². The lowest BCUT2D eigenvalue weighted by Crippen LogP contribution is -2.49. The van der Waals surface area contributed by atoms with Crippen LogP contribution < -0.4 is 46.3 Å². The number of hydrogen-bond acceptors (Lipinski definition) is 11. The minimum absolute atomic E-state index is 0.0482. The number of carbonyl (C=O) groups excluding carboxylic acids is 1. The maximum absolute atomic E-state index is 13.4. The summed E-state index contributed by atoms with van der Waals surface area (Å²) in [6.45, 7) is 6.60. The van der Waals surface area contributed by atoms with E-state index >= 15 is 0 Å². The molecule has 24 rings (SSSR count). The summed E-state index contributed by atoms with van der Waals surface area (Å²) in [4.78, 5) is 50.3. The van der Waals surface area contributed by atoms with Gasteiger partial charge in [-0.25, -0.2) is 4.79 Å². The highest BCUT2D eigenvalue weighted by molar-refractivity contribution is 9.10. The number of amides is 2. The van der Waals surface area contributed by atoms with E-state index in [0.717, 1.165) is 191 Å². The number of ether oxygens (including phenoxy) is 2. The van der Waals surface area contributed by atoms with Gasteiger partial charge < -0.3 is 86.0 Å². The van der Waals surface area contributed by atoms with Gasteiger partial charge in [0.05, 0.1) is 50.0 Å². The number of phenols is 1. The molecule has 716 valence electrons. The summed E-state index contributed by atoms with van der Waals surface area (Å²) in [7, 11) is 7.43. The largest absolute Gasteiger partial charge is 0.508 e. The molecule has 11 aromatic carbocycles. The normalized spacial score (nSPS) is 18.7. The summed E-state index contributed by atoms with van der Waals surface area (Å²) in [5.74, 6) is 1.05. The molecule has 6 aliphatic heterocycles.